The third-order valence-electron chi connectivity index (χ3n) is 4.56. The predicted molar refractivity (Wildman–Crippen MR) is 86.3 cm³/mol. The smallest absolute Gasteiger partial charge is 0.0170 e. The maximum atomic E-state index is 6.34. The first kappa shape index (κ1) is 18.9. The summed E-state index contributed by atoms with van der Waals surface area (Å²) in [6.45, 7) is 15.3. The number of hydrogen-bond acceptors (Lipinski definition) is 3. The minimum atomic E-state index is -0.103. The zero-order valence-corrected chi connectivity index (χ0v) is 14.3. The van der Waals surface area contributed by atoms with Crippen LogP contribution in [0.2, 0.25) is 0 Å². The van der Waals surface area contributed by atoms with Gasteiger partial charge < -0.3 is 16.8 Å². The number of nitrogens with two attached hydrogens (primary N) is 2. The molecule has 4 atom stereocenters. The quantitative estimate of drug-likeness (QED) is 0.603. The molecule has 3 nitrogen and oxygen atoms in total. The molecule has 19 heavy (non-hydrogen) atoms. The van der Waals surface area contributed by atoms with Gasteiger partial charge in [0.2, 0.25) is 0 Å². The molecule has 0 rings (SSSR count). The standard InChI is InChI=1S/C16H37N3/c1-8-14(5,17)11-13(4)19-16(7,10-3)12-15(6,18)9-2/h13,19H,8-12,17-18H2,1-7H3. The Morgan fingerprint density at radius 2 is 1.37 bits per heavy atom. The lowest BCUT2D eigenvalue weighted by molar-refractivity contribution is 0.209. The molecular weight excluding hydrogens is 234 g/mol. The van der Waals surface area contributed by atoms with Crippen LogP contribution in [0.3, 0.4) is 0 Å². The molecule has 0 saturated carbocycles. The van der Waals surface area contributed by atoms with Crippen molar-refractivity contribution in [3.8, 4) is 0 Å². The summed E-state index contributed by atoms with van der Waals surface area (Å²) in [5.41, 5.74) is 12.5. The Morgan fingerprint density at radius 3 is 1.74 bits per heavy atom. The van der Waals surface area contributed by atoms with Gasteiger partial charge in [0, 0.05) is 22.7 Å². The van der Waals surface area contributed by atoms with Gasteiger partial charge in [0.15, 0.2) is 0 Å². The van der Waals surface area contributed by atoms with Crippen molar-refractivity contribution in [2.24, 2.45) is 11.5 Å². The maximum absolute atomic E-state index is 6.34. The Balaban J connectivity index is 4.62. The highest BCUT2D eigenvalue weighted by Crippen LogP contribution is 2.26. The van der Waals surface area contributed by atoms with E-state index in [0.717, 1.165) is 32.1 Å². The predicted octanol–water partition coefficient (Wildman–Crippen LogP) is 3.17. The van der Waals surface area contributed by atoms with Gasteiger partial charge in [-0.3, -0.25) is 0 Å². The summed E-state index contributed by atoms with van der Waals surface area (Å²) in [7, 11) is 0. The van der Waals surface area contributed by atoms with Gasteiger partial charge in [-0.25, -0.2) is 0 Å². The summed E-state index contributed by atoms with van der Waals surface area (Å²) in [4.78, 5) is 0. The molecule has 0 aliphatic heterocycles. The zero-order chi connectivity index (χ0) is 15.3. The second kappa shape index (κ2) is 7.05. The molecule has 0 radical (unpaired) electrons. The molecule has 0 fully saturated rings. The van der Waals surface area contributed by atoms with Crippen LogP contribution >= 0.6 is 0 Å². The van der Waals surface area contributed by atoms with Gasteiger partial charge in [-0.2, -0.15) is 0 Å². The normalized spacial score (nSPS) is 23.2. The molecule has 0 amide bonds. The highest BCUT2D eigenvalue weighted by atomic mass is 15.0. The Kier molecular flexibility index (Phi) is 7.01. The SMILES string of the molecule is CCC(C)(N)CC(C)NC(C)(CC)CC(C)(N)CC. The molecule has 0 aromatic carbocycles. The fourth-order valence-corrected chi connectivity index (χ4v) is 2.78. The van der Waals surface area contributed by atoms with Crippen molar-refractivity contribution in [2.75, 3.05) is 0 Å². The van der Waals surface area contributed by atoms with E-state index in [2.05, 4.69) is 53.8 Å². The average Bonchev–Trinajstić information content (AvgIpc) is 2.27. The lowest BCUT2D eigenvalue weighted by atomic mass is 9.80. The summed E-state index contributed by atoms with van der Waals surface area (Å²) < 4.78 is 0. The van der Waals surface area contributed by atoms with Gasteiger partial charge >= 0.3 is 0 Å². The van der Waals surface area contributed by atoms with Gasteiger partial charge in [0.05, 0.1) is 0 Å². The molecule has 4 unspecified atom stereocenters. The van der Waals surface area contributed by atoms with E-state index >= 15 is 0 Å². The van der Waals surface area contributed by atoms with Crippen molar-refractivity contribution in [3.05, 3.63) is 0 Å². The van der Waals surface area contributed by atoms with E-state index in [4.69, 9.17) is 11.5 Å². The Hall–Kier alpha value is -0.120. The van der Waals surface area contributed by atoms with Crippen LogP contribution in [0.1, 0.15) is 80.6 Å². The van der Waals surface area contributed by atoms with Gasteiger partial charge in [-0.1, -0.05) is 20.8 Å². The van der Waals surface area contributed by atoms with Gasteiger partial charge in [0.1, 0.15) is 0 Å². The summed E-state index contributed by atoms with van der Waals surface area (Å²) in [6, 6.07) is 0.410. The van der Waals surface area contributed by atoms with Crippen LogP contribution in [0.15, 0.2) is 0 Å². The van der Waals surface area contributed by atoms with E-state index in [0.29, 0.717) is 6.04 Å². The van der Waals surface area contributed by atoms with E-state index < -0.39 is 0 Å². The van der Waals surface area contributed by atoms with E-state index in [9.17, 15) is 0 Å². The topological polar surface area (TPSA) is 64.1 Å². The maximum Gasteiger partial charge on any atom is 0.0170 e. The zero-order valence-electron chi connectivity index (χ0n) is 14.3. The van der Waals surface area contributed by atoms with E-state index in [-0.39, 0.29) is 16.6 Å². The molecule has 0 spiro atoms. The second-order valence-electron chi connectivity index (χ2n) is 7.36. The highest BCUT2D eigenvalue weighted by molar-refractivity contribution is 4.94. The van der Waals surface area contributed by atoms with Crippen molar-refractivity contribution >= 4 is 0 Å². The van der Waals surface area contributed by atoms with Crippen LogP contribution in [-0.4, -0.2) is 22.7 Å². The Labute approximate surface area is 120 Å². The van der Waals surface area contributed by atoms with E-state index in [1.165, 1.54) is 0 Å². The third kappa shape index (κ3) is 7.28. The molecule has 0 aromatic rings. The van der Waals surface area contributed by atoms with Crippen molar-refractivity contribution in [1.82, 2.24) is 5.32 Å². The molecule has 0 aliphatic carbocycles. The molecule has 0 heterocycles. The van der Waals surface area contributed by atoms with Crippen molar-refractivity contribution in [2.45, 2.75) is 103 Å². The third-order valence-corrected chi connectivity index (χ3v) is 4.56. The summed E-state index contributed by atoms with van der Waals surface area (Å²) in [6.07, 6.45) is 5.07. The Morgan fingerprint density at radius 1 is 0.895 bits per heavy atom. The lowest BCUT2D eigenvalue weighted by Crippen LogP contribution is -2.55. The Bertz CT molecular complexity index is 261. The van der Waals surface area contributed by atoms with Gasteiger partial charge in [0.25, 0.3) is 0 Å². The van der Waals surface area contributed by atoms with Crippen LogP contribution in [0.25, 0.3) is 0 Å². The largest absolute Gasteiger partial charge is 0.325 e. The molecule has 5 N–H and O–H groups in total. The minimum absolute atomic E-state index is 0.0855. The van der Waals surface area contributed by atoms with Crippen molar-refractivity contribution in [3.63, 3.8) is 0 Å². The fraction of sp³-hybridized carbons (Fsp3) is 1.00. The van der Waals surface area contributed by atoms with Crippen LogP contribution in [0.4, 0.5) is 0 Å². The number of hydrogen-bond donors (Lipinski definition) is 3. The number of rotatable bonds is 9. The highest BCUT2D eigenvalue weighted by Gasteiger charge is 2.32. The molecule has 0 aliphatic rings. The molecular formula is C16H37N3. The summed E-state index contributed by atoms with van der Waals surface area (Å²) >= 11 is 0. The van der Waals surface area contributed by atoms with Crippen molar-refractivity contribution < 1.29 is 0 Å². The first-order valence-electron chi connectivity index (χ1n) is 7.84. The van der Waals surface area contributed by atoms with Gasteiger partial charge in [-0.15, -0.1) is 0 Å². The van der Waals surface area contributed by atoms with E-state index in [1.807, 2.05) is 0 Å². The minimum Gasteiger partial charge on any atom is -0.325 e. The first-order chi connectivity index (χ1) is 8.49. The van der Waals surface area contributed by atoms with Crippen LogP contribution in [-0.2, 0) is 0 Å². The lowest BCUT2D eigenvalue weighted by Gasteiger charge is -2.40. The number of nitrogens with one attached hydrogen (secondary N) is 1. The van der Waals surface area contributed by atoms with Crippen LogP contribution < -0.4 is 16.8 Å². The second-order valence-corrected chi connectivity index (χ2v) is 7.36. The van der Waals surface area contributed by atoms with Crippen LogP contribution in [0, 0.1) is 0 Å². The molecule has 0 aromatic heterocycles. The summed E-state index contributed by atoms with van der Waals surface area (Å²) in [5.74, 6) is 0. The fourth-order valence-electron chi connectivity index (χ4n) is 2.78. The van der Waals surface area contributed by atoms with Crippen molar-refractivity contribution in [1.29, 1.82) is 0 Å². The van der Waals surface area contributed by atoms with Crippen LogP contribution in [0.5, 0.6) is 0 Å². The monoisotopic (exact) mass is 271 g/mol. The summed E-state index contributed by atoms with van der Waals surface area (Å²) in [5, 5.41) is 3.76. The van der Waals surface area contributed by atoms with Gasteiger partial charge in [-0.05, 0) is 59.8 Å². The average molecular weight is 271 g/mol. The molecule has 3 heteroatoms. The van der Waals surface area contributed by atoms with E-state index in [1.54, 1.807) is 0 Å². The molecule has 0 bridgehead atoms. The molecule has 116 valence electrons. The first-order valence-corrected chi connectivity index (χ1v) is 7.84. The molecule has 0 saturated heterocycles.